The number of carbonyl (C=O) groups is 1. The number of likely N-dealkylation sites (N-methyl/N-ethyl adjacent to an activating group) is 1. The summed E-state index contributed by atoms with van der Waals surface area (Å²) in [5, 5.41) is 5.98. The Bertz CT molecular complexity index is 957. The minimum atomic E-state index is -0.234. The number of hydrogen-bond acceptors (Lipinski definition) is 5. The van der Waals surface area contributed by atoms with E-state index < -0.39 is 0 Å². The molecule has 0 saturated carbocycles. The van der Waals surface area contributed by atoms with Gasteiger partial charge in [0.15, 0.2) is 0 Å². The van der Waals surface area contributed by atoms with Crippen LogP contribution in [-0.4, -0.2) is 48.5 Å². The minimum Gasteiger partial charge on any atom is -0.371 e. The van der Waals surface area contributed by atoms with E-state index in [0.29, 0.717) is 12.6 Å². The van der Waals surface area contributed by atoms with Crippen molar-refractivity contribution in [2.24, 2.45) is 0 Å². The van der Waals surface area contributed by atoms with Crippen molar-refractivity contribution in [1.82, 2.24) is 15.2 Å². The average molecular weight is 439 g/mol. The SMILES string of the molecule is CN(CC(=O)NC(c1ccccc1)c1nccs1)C1CCN(c2ccc(F)cc2)CC1. The molecule has 0 aliphatic carbocycles. The number of benzene rings is 2. The maximum atomic E-state index is 13.2. The summed E-state index contributed by atoms with van der Waals surface area (Å²) in [7, 11) is 2.01. The summed E-state index contributed by atoms with van der Waals surface area (Å²) in [5.74, 6) is -0.219. The van der Waals surface area contributed by atoms with Crippen LogP contribution in [0.1, 0.15) is 29.5 Å². The monoisotopic (exact) mass is 438 g/mol. The van der Waals surface area contributed by atoms with Gasteiger partial charge >= 0.3 is 0 Å². The molecule has 2 heterocycles. The summed E-state index contributed by atoms with van der Waals surface area (Å²) >= 11 is 1.55. The summed E-state index contributed by atoms with van der Waals surface area (Å²) in [5.41, 5.74) is 2.08. The number of amides is 1. The second-order valence-electron chi connectivity index (χ2n) is 7.89. The molecule has 2 aromatic carbocycles. The molecule has 1 aliphatic rings. The van der Waals surface area contributed by atoms with Gasteiger partial charge < -0.3 is 10.2 Å². The molecule has 0 bridgehead atoms. The zero-order chi connectivity index (χ0) is 21.6. The third-order valence-electron chi connectivity index (χ3n) is 5.81. The summed E-state index contributed by atoms with van der Waals surface area (Å²) in [6, 6.07) is 16.7. The van der Waals surface area contributed by atoms with Gasteiger partial charge in [-0.05, 0) is 49.7 Å². The Labute approximate surface area is 186 Å². The molecule has 1 N–H and O–H groups in total. The molecule has 1 atom stereocenters. The van der Waals surface area contributed by atoms with E-state index in [2.05, 4.69) is 20.1 Å². The van der Waals surface area contributed by atoms with E-state index in [4.69, 9.17) is 0 Å². The number of nitrogens with zero attached hydrogens (tertiary/aromatic N) is 3. The first-order valence-corrected chi connectivity index (χ1v) is 11.4. The van der Waals surface area contributed by atoms with Gasteiger partial charge in [0.2, 0.25) is 5.91 Å². The van der Waals surface area contributed by atoms with Gasteiger partial charge in [-0.1, -0.05) is 30.3 Å². The van der Waals surface area contributed by atoms with Crippen LogP contribution in [0.5, 0.6) is 0 Å². The van der Waals surface area contributed by atoms with Gasteiger partial charge in [-0.25, -0.2) is 9.37 Å². The molecule has 1 aromatic heterocycles. The molecule has 1 aliphatic heterocycles. The van der Waals surface area contributed by atoms with Crippen LogP contribution >= 0.6 is 11.3 Å². The molecule has 31 heavy (non-hydrogen) atoms. The van der Waals surface area contributed by atoms with Crippen LogP contribution in [0.3, 0.4) is 0 Å². The average Bonchev–Trinajstić information content (AvgIpc) is 3.33. The predicted molar refractivity (Wildman–Crippen MR) is 123 cm³/mol. The highest BCUT2D eigenvalue weighted by Gasteiger charge is 2.25. The molecule has 7 heteroatoms. The molecule has 1 amide bonds. The Morgan fingerprint density at radius 2 is 1.90 bits per heavy atom. The van der Waals surface area contributed by atoms with Crippen molar-refractivity contribution in [3.63, 3.8) is 0 Å². The van der Waals surface area contributed by atoms with Gasteiger partial charge in [-0.3, -0.25) is 9.69 Å². The van der Waals surface area contributed by atoms with Crippen LogP contribution in [0.15, 0.2) is 66.2 Å². The fourth-order valence-corrected chi connectivity index (χ4v) is 4.80. The van der Waals surface area contributed by atoms with Crippen LogP contribution in [0.2, 0.25) is 0 Å². The highest BCUT2D eigenvalue weighted by Crippen LogP contribution is 2.25. The molecular formula is C24H27FN4OS. The van der Waals surface area contributed by atoms with Crippen LogP contribution in [0.25, 0.3) is 0 Å². The topological polar surface area (TPSA) is 48.5 Å². The maximum absolute atomic E-state index is 13.2. The first-order valence-electron chi connectivity index (χ1n) is 10.5. The number of carbonyl (C=O) groups excluding carboxylic acids is 1. The molecule has 3 aromatic rings. The van der Waals surface area contributed by atoms with E-state index >= 15 is 0 Å². The summed E-state index contributed by atoms with van der Waals surface area (Å²) in [4.78, 5) is 21.7. The lowest BCUT2D eigenvalue weighted by molar-refractivity contribution is -0.123. The normalized spacial score (nSPS) is 15.8. The quantitative estimate of drug-likeness (QED) is 0.604. The van der Waals surface area contributed by atoms with Crippen LogP contribution in [0, 0.1) is 5.82 Å². The van der Waals surface area contributed by atoms with Crippen LogP contribution < -0.4 is 10.2 Å². The third-order valence-corrected chi connectivity index (χ3v) is 6.65. The standard InChI is InChI=1S/C24H27FN4OS/c1-28(20-11-14-29(15-12-20)21-9-7-19(25)8-10-21)17-22(30)27-23(24-26-13-16-31-24)18-5-3-2-4-6-18/h2-10,13,16,20,23H,11-12,14-15,17H2,1H3,(H,27,30). The van der Waals surface area contributed by atoms with E-state index in [9.17, 15) is 9.18 Å². The molecule has 1 unspecified atom stereocenters. The fourth-order valence-electron chi connectivity index (χ4n) is 4.09. The second kappa shape index (κ2) is 10.0. The zero-order valence-electron chi connectivity index (χ0n) is 17.6. The molecule has 1 fully saturated rings. The van der Waals surface area contributed by atoms with Crippen LogP contribution in [0.4, 0.5) is 10.1 Å². The zero-order valence-corrected chi connectivity index (χ0v) is 18.4. The van der Waals surface area contributed by atoms with E-state index in [1.54, 1.807) is 17.5 Å². The van der Waals surface area contributed by atoms with Crippen molar-refractivity contribution in [3.8, 4) is 0 Å². The molecular weight excluding hydrogens is 411 g/mol. The predicted octanol–water partition coefficient (Wildman–Crippen LogP) is 4.09. The molecule has 0 spiro atoms. The largest absolute Gasteiger partial charge is 0.371 e. The summed E-state index contributed by atoms with van der Waals surface area (Å²) in [6.45, 7) is 2.14. The number of hydrogen-bond donors (Lipinski definition) is 1. The number of piperidine rings is 1. The van der Waals surface area contributed by atoms with Gasteiger partial charge in [-0.15, -0.1) is 11.3 Å². The van der Waals surface area contributed by atoms with Crippen LogP contribution in [-0.2, 0) is 4.79 Å². The number of anilines is 1. The van der Waals surface area contributed by atoms with Gasteiger partial charge in [0.05, 0.1) is 6.54 Å². The molecule has 4 rings (SSSR count). The van der Waals surface area contributed by atoms with Crippen molar-refractivity contribution < 1.29 is 9.18 Å². The van der Waals surface area contributed by atoms with E-state index in [1.807, 2.05) is 54.9 Å². The lowest BCUT2D eigenvalue weighted by Crippen LogP contribution is -2.47. The smallest absolute Gasteiger partial charge is 0.235 e. The number of aromatic nitrogens is 1. The van der Waals surface area contributed by atoms with Crippen molar-refractivity contribution in [3.05, 3.63) is 82.6 Å². The Morgan fingerprint density at radius 1 is 1.19 bits per heavy atom. The lowest BCUT2D eigenvalue weighted by Gasteiger charge is -2.37. The number of nitrogens with one attached hydrogen (secondary N) is 1. The van der Waals surface area contributed by atoms with Gasteiger partial charge in [0.25, 0.3) is 0 Å². The van der Waals surface area contributed by atoms with E-state index in [-0.39, 0.29) is 17.8 Å². The molecule has 162 valence electrons. The van der Waals surface area contributed by atoms with Crippen molar-refractivity contribution in [2.45, 2.75) is 24.9 Å². The molecule has 0 radical (unpaired) electrons. The Kier molecular flexibility index (Phi) is 6.94. The van der Waals surface area contributed by atoms with Gasteiger partial charge in [0, 0.05) is 36.4 Å². The highest BCUT2D eigenvalue weighted by atomic mass is 32.1. The summed E-state index contributed by atoms with van der Waals surface area (Å²) < 4.78 is 13.2. The second-order valence-corrected chi connectivity index (χ2v) is 8.82. The maximum Gasteiger partial charge on any atom is 0.235 e. The van der Waals surface area contributed by atoms with Crippen molar-refractivity contribution >= 4 is 22.9 Å². The van der Waals surface area contributed by atoms with Gasteiger partial charge in [0.1, 0.15) is 16.9 Å². The first-order chi connectivity index (χ1) is 15.1. The van der Waals surface area contributed by atoms with E-state index in [0.717, 1.165) is 42.2 Å². The molecule has 5 nitrogen and oxygen atoms in total. The number of halogens is 1. The van der Waals surface area contributed by atoms with Gasteiger partial charge in [-0.2, -0.15) is 0 Å². The lowest BCUT2D eigenvalue weighted by atomic mass is 10.0. The third kappa shape index (κ3) is 5.48. The highest BCUT2D eigenvalue weighted by molar-refractivity contribution is 7.09. The Balaban J connectivity index is 1.32. The van der Waals surface area contributed by atoms with E-state index in [1.165, 1.54) is 12.1 Å². The minimum absolute atomic E-state index is 0.00693. The van der Waals surface area contributed by atoms with Crippen molar-refractivity contribution in [2.75, 3.05) is 31.6 Å². The number of thiazole rings is 1. The fraction of sp³-hybridized carbons (Fsp3) is 0.333. The number of rotatable bonds is 7. The first kappa shape index (κ1) is 21.5. The Morgan fingerprint density at radius 3 is 2.55 bits per heavy atom. The molecule has 1 saturated heterocycles. The van der Waals surface area contributed by atoms with Crippen molar-refractivity contribution in [1.29, 1.82) is 0 Å². The summed E-state index contributed by atoms with van der Waals surface area (Å²) in [6.07, 6.45) is 3.70. The Hall–Kier alpha value is -2.77.